The van der Waals surface area contributed by atoms with Crippen LogP contribution in [0.5, 0.6) is 11.5 Å². The van der Waals surface area contributed by atoms with Crippen molar-refractivity contribution in [3.63, 3.8) is 0 Å². The second-order valence-electron chi connectivity index (χ2n) is 4.50. The molecular formula is C16H18BrNO2. The molecule has 4 heteroatoms. The van der Waals surface area contributed by atoms with Crippen LogP contribution < -0.4 is 10.1 Å². The Morgan fingerprint density at radius 1 is 1.15 bits per heavy atom. The molecule has 0 aliphatic carbocycles. The fraction of sp³-hybridized carbons (Fsp3) is 0.250. The first-order valence-electron chi connectivity index (χ1n) is 6.59. The van der Waals surface area contributed by atoms with Gasteiger partial charge in [0, 0.05) is 6.54 Å². The Labute approximate surface area is 127 Å². The number of aromatic hydroxyl groups is 1. The molecule has 0 fully saturated rings. The zero-order chi connectivity index (χ0) is 14.4. The lowest BCUT2D eigenvalue weighted by molar-refractivity contribution is 0.303. The summed E-state index contributed by atoms with van der Waals surface area (Å²) in [6.07, 6.45) is 0. The molecule has 0 aliphatic heterocycles. The van der Waals surface area contributed by atoms with Gasteiger partial charge in [0.1, 0.15) is 18.1 Å². The van der Waals surface area contributed by atoms with Crippen LogP contribution >= 0.6 is 15.9 Å². The lowest BCUT2D eigenvalue weighted by atomic mass is 10.2. The molecular weight excluding hydrogens is 318 g/mol. The fourth-order valence-electron chi connectivity index (χ4n) is 1.85. The predicted octanol–water partition coefficient (Wildman–Crippen LogP) is 3.84. The van der Waals surface area contributed by atoms with Gasteiger partial charge in [-0.1, -0.05) is 25.1 Å². The van der Waals surface area contributed by atoms with Crippen LogP contribution in [0.25, 0.3) is 0 Å². The van der Waals surface area contributed by atoms with Crippen LogP contribution in [0.2, 0.25) is 0 Å². The number of ether oxygens (including phenoxy) is 1. The van der Waals surface area contributed by atoms with E-state index in [0.29, 0.717) is 6.61 Å². The third kappa shape index (κ3) is 4.25. The van der Waals surface area contributed by atoms with E-state index in [-0.39, 0.29) is 5.75 Å². The van der Waals surface area contributed by atoms with Crippen molar-refractivity contribution in [3.8, 4) is 11.5 Å². The zero-order valence-electron chi connectivity index (χ0n) is 11.4. The average molecular weight is 336 g/mol. The molecule has 106 valence electrons. The van der Waals surface area contributed by atoms with Crippen molar-refractivity contribution >= 4 is 15.9 Å². The van der Waals surface area contributed by atoms with Crippen molar-refractivity contribution in [2.45, 2.75) is 20.1 Å². The Kier molecular flexibility index (Phi) is 5.44. The molecule has 0 spiro atoms. The van der Waals surface area contributed by atoms with Crippen LogP contribution in [-0.4, -0.2) is 11.7 Å². The van der Waals surface area contributed by atoms with E-state index in [4.69, 9.17) is 4.74 Å². The van der Waals surface area contributed by atoms with Crippen LogP contribution in [0.3, 0.4) is 0 Å². The molecule has 0 aliphatic rings. The van der Waals surface area contributed by atoms with Gasteiger partial charge in [-0.15, -0.1) is 0 Å². The third-order valence-corrected chi connectivity index (χ3v) is 3.50. The number of hydrogen-bond acceptors (Lipinski definition) is 3. The first kappa shape index (κ1) is 14.9. The van der Waals surface area contributed by atoms with Crippen molar-refractivity contribution < 1.29 is 9.84 Å². The highest BCUT2D eigenvalue weighted by atomic mass is 79.9. The molecule has 3 nitrogen and oxygen atoms in total. The summed E-state index contributed by atoms with van der Waals surface area (Å²) in [5, 5.41) is 12.7. The summed E-state index contributed by atoms with van der Waals surface area (Å²) in [5.41, 5.74) is 2.15. The minimum atomic E-state index is 0.256. The molecule has 0 saturated carbocycles. The van der Waals surface area contributed by atoms with Gasteiger partial charge in [-0.2, -0.15) is 0 Å². The molecule has 2 aromatic carbocycles. The summed E-state index contributed by atoms with van der Waals surface area (Å²) in [7, 11) is 0. The SMILES string of the molecule is CCNCc1ccc(OCc2cccc(O)c2)c(Br)c1. The van der Waals surface area contributed by atoms with Crippen LogP contribution in [0.15, 0.2) is 46.9 Å². The topological polar surface area (TPSA) is 41.5 Å². The summed E-state index contributed by atoms with van der Waals surface area (Å²) in [4.78, 5) is 0. The van der Waals surface area contributed by atoms with Crippen molar-refractivity contribution in [3.05, 3.63) is 58.1 Å². The third-order valence-electron chi connectivity index (χ3n) is 2.88. The molecule has 0 bridgehead atoms. The Balaban J connectivity index is 1.99. The molecule has 2 N–H and O–H groups in total. The Bertz CT molecular complexity index is 572. The maximum Gasteiger partial charge on any atom is 0.134 e. The van der Waals surface area contributed by atoms with Crippen LogP contribution in [-0.2, 0) is 13.2 Å². The number of benzene rings is 2. The number of phenolic OH excluding ortho intramolecular Hbond substituents is 1. The number of hydrogen-bond donors (Lipinski definition) is 2. The molecule has 0 atom stereocenters. The minimum Gasteiger partial charge on any atom is -0.508 e. The van der Waals surface area contributed by atoms with Crippen LogP contribution in [0, 0.1) is 0 Å². The summed E-state index contributed by atoms with van der Waals surface area (Å²) in [6.45, 7) is 4.32. The standard InChI is InChI=1S/C16H18BrNO2/c1-2-18-10-12-6-7-16(15(17)9-12)20-11-13-4-3-5-14(19)8-13/h3-9,18-19H,2,10-11H2,1H3. The van der Waals surface area contributed by atoms with Crippen molar-refractivity contribution in [1.29, 1.82) is 0 Å². The highest BCUT2D eigenvalue weighted by Crippen LogP contribution is 2.27. The summed E-state index contributed by atoms with van der Waals surface area (Å²) in [6, 6.07) is 13.1. The van der Waals surface area contributed by atoms with Crippen LogP contribution in [0.1, 0.15) is 18.1 Å². The normalized spacial score (nSPS) is 10.5. The summed E-state index contributed by atoms with van der Waals surface area (Å²) < 4.78 is 6.70. The summed E-state index contributed by atoms with van der Waals surface area (Å²) in [5.74, 6) is 1.06. The predicted molar refractivity (Wildman–Crippen MR) is 84.0 cm³/mol. The van der Waals surface area contributed by atoms with Gasteiger partial charge in [-0.25, -0.2) is 0 Å². The molecule has 2 rings (SSSR count). The minimum absolute atomic E-state index is 0.256. The van der Waals surface area contributed by atoms with Gasteiger partial charge in [-0.3, -0.25) is 0 Å². The Morgan fingerprint density at radius 3 is 2.70 bits per heavy atom. The van der Waals surface area contributed by atoms with Gasteiger partial charge in [-0.05, 0) is 57.9 Å². The van der Waals surface area contributed by atoms with E-state index in [1.165, 1.54) is 5.56 Å². The second kappa shape index (κ2) is 7.31. The van der Waals surface area contributed by atoms with Gasteiger partial charge in [0.2, 0.25) is 0 Å². The quantitative estimate of drug-likeness (QED) is 0.842. The smallest absolute Gasteiger partial charge is 0.134 e. The first-order chi connectivity index (χ1) is 9.69. The molecule has 0 amide bonds. The number of phenols is 1. The van der Waals surface area contributed by atoms with E-state index in [0.717, 1.165) is 28.9 Å². The highest BCUT2D eigenvalue weighted by Gasteiger charge is 2.03. The maximum absolute atomic E-state index is 9.41. The Morgan fingerprint density at radius 2 is 2.00 bits per heavy atom. The molecule has 0 radical (unpaired) electrons. The first-order valence-corrected chi connectivity index (χ1v) is 7.38. The average Bonchev–Trinajstić information content (AvgIpc) is 2.44. The van der Waals surface area contributed by atoms with E-state index < -0.39 is 0 Å². The number of nitrogens with one attached hydrogen (secondary N) is 1. The molecule has 20 heavy (non-hydrogen) atoms. The van der Waals surface area contributed by atoms with Crippen molar-refractivity contribution in [1.82, 2.24) is 5.32 Å². The fourth-order valence-corrected chi connectivity index (χ4v) is 2.39. The Hall–Kier alpha value is -1.52. The van der Waals surface area contributed by atoms with Gasteiger partial charge < -0.3 is 15.2 Å². The van der Waals surface area contributed by atoms with E-state index >= 15 is 0 Å². The van der Waals surface area contributed by atoms with E-state index in [2.05, 4.69) is 34.2 Å². The second-order valence-corrected chi connectivity index (χ2v) is 5.36. The molecule has 0 aromatic heterocycles. The van der Waals surface area contributed by atoms with Gasteiger partial charge >= 0.3 is 0 Å². The molecule has 2 aromatic rings. The van der Waals surface area contributed by atoms with Crippen molar-refractivity contribution in [2.24, 2.45) is 0 Å². The lowest BCUT2D eigenvalue weighted by Gasteiger charge is -2.10. The molecule has 0 saturated heterocycles. The maximum atomic E-state index is 9.41. The molecule has 0 unspecified atom stereocenters. The number of halogens is 1. The monoisotopic (exact) mass is 335 g/mol. The number of rotatable bonds is 6. The largest absolute Gasteiger partial charge is 0.508 e. The van der Waals surface area contributed by atoms with Gasteiger partial charge in [0.25, 0.3) is 0 Å². The van der Waals surface area contributed by atoms with Gasteiger partial charge in [0.05, 0.1) is 4.47 Å². The van der Waals surface area contributed by atoms with Crippen LogP contribution in [0.4, 0.5) is 0 Å². The van der Waals surface area contributed by atoms with E-state index in [9.17, 15) is 5.11 Å². The van der Waals surface area contributed by atoms with E-state index in [1.54, 1.807) is 12.1 Å². The zero-order valence-corrected chi connectivity index (χ0v) is 13.0. The summed E-state index contributed by atoms with van der Waals surface area (Å²) >= 11 is 3.52. The van der Waals surface area contributed by atoms with Gasteiger partial charge in [0.15, 0.2) is 0 Å². The highest BCUT2D eigenvalue weighted by molar-refractivity contribution is 9.10. The lowest BCUT2D eigenvalue weighted by Crippen LogP contribution is -2.11. The van der Waals surface area contributed by atoms with Crippen molar-refractivity contribution in [2.75, 3.05) is 6.54 Å². The van der Waals surface area contributed by atoms with E-state index in [1.807, 2.05) is 24.3 Å². The molecule has 0 heterocycles.